The predicted molar refractivity (Wildman–Crippen MR) is 153 cm³/mol. The number of imidazole rings is 1. The fourth-order valence-electron chi connectivity index (χ4n) is 5.56. The molecule has 13 heteroatoms. The maximum absolute atomic E-state index is 13.1. The van der Waals surface area contributed by atoms with Gasteiger partial charge in [0.2, 0.25) is 5.91 Å². The molecule has 6 rings (SSSR count). The molecule has 43 heavy (non-hydrogen) atoms. The molecule has 4 N–H and O–H groups in total. The van der Waals surface area contributed by atoms with Crippen LogP contribution in [0.1, 0.15) is 59.0 Å². The molecule has 1 fully saturated rings. The summed E-state index contributed by atoms with van der Waals surface area (Å²) >= 11 is 0. The van der Waals surface area contributed by atoms with Crippen molar-refractivity contribution in [2.45, 2.75) is 43.8 Å². The van der Waals surface area contributed by atoms with E-state index >= 15 is 0 Å². The standard InChI is InChI=1S/C30H28F3N7O3/c31-30(32,33)20-9-11-35-23(15-20)38-29(42)18-5-3-17(4-6-18)25-26-27(34)36-16-22-2-1-12-43-13-10-24(41)37-21-8-7-19(14-21)28(39-25)40(22)26/h1-6,9,11,15-16,19,21H,7-8,10,12-14H2,(H2,34,36)(H,37,41)(H,35,38,42)/t19-,21-/m1/s1. The monoisotopic (exact) mass is 591 g/mol. The van der Waals surface area contributed by atoms with Crippen LogP contribution in [-0.2, 0) is 15.7 Å². The third-order valence-corrected chi connectivity index (χ3v) is 7.63. The number of aromatic nitrogens is 4. The van der Waals surface area contributed by atoms with Gasteiger partial charge in [-0.1, -0.05) is 18.2 Å². The van der Waals surface area contributed by atoms with Gasteiger partial charge < -0.3 is 21.1 Å². The summed E-state index contributed by atoms with van der Waals surface area (Å²) in [5, 5.41) is 5.52. The van der Waals surface area contributed by atoms with E-state index in [0.29, 0.717) is 36.4 Å². The summed E-state index contributed by atoms with van der Waals surface area (Å²) in [5.74, 6) is 0.280. The van der Waals surface area contributed by atoms with E-state index in [-0.39, 0.29) is 35.1 Å². The minimum atomic E-state index is -4.56. The maximum atomic E-state index is 13.1. The van der Waals surface area contributed by atoms with Crippen LogP contribution in [0, 0.1) is 0 Å². The van der Waals surface area contributed by atoms with Crippen LogP contribution >= 0.6 is 0 Å². The minimum Gasteiger partial charge on any atom is -0.382 e. The third kappa shape index (κ3) is 5.93. The first-order valence-corrected chi connectivity index (χ1v) is 13.8. The molecular formula is C30H28F3N7O3. The average molecular weight is 592 g/mol. The molecule has 2 amide bonds. The lowest BCUT2D eigenvalue weighted by Gasteiger charge is -2.15. The number of fused-ring (bicyclic) bond motifs is 3. The molecule has 222 valence electrons. The normalized spacial score (nSPS) is 19.2. The van der Waals surface area contributed by atoms with E-state index in [1.165, 1.54) is 0 Å². The van der Waals surface area contributed by atoms with Crippen molar-refractivity contribution in [2.75, 3.05) is 24.3 Å². The van der Waals surface area contributed by atoms with E-state index in [0.717, 1.165) is 49.1 Å². The highest BCUT2D eigenvalue weighted by Crippen LogP contribution is 2.39. The van der Waals surface area contributed by atoms with Crippen molar-refractivity contribution >= 4 is 35.0 Å². The smallest absolute Gasteiger partial charge is 0.382 e. The lowest BCUT2D eigenvalue weighted by atomic mass is 10.1. The zero-order valence-electron chi connectivity index (χ0n) is 22.9. The van der Waals surface area contributed by atoms with Crippen LogP contribution in [0.15, 0.2) is 54.9 Å². The lowest BCUT2D eigenvalue weighted by molar-refractivity contribution is -0.137. The second-order valence-corrected chi connectivity index (χ2v) is 10.5. The van der Waals surface area contributed by atoms with Crippen LogP contribution in [0.5, 0.6) is 0 Å². The summed E-state index contributed by atoms with van der Waals surface area (Å²) < 4.78 is 46.8. The Morgan fingerprint density at radius 3 is 2.74 bits per heavy atom. The van der Waals surface area contributed by atoms with Crippen LogP contribution in [0.3, 0.4) is 0 Å². The quantitative estimate of drug-likeness (QED) is 0.310. The van der Waals surface area contributed by atoms with Gasteiger partial charge in [-0.15, -0.1) is 0 Å². The number of anilines is 2. The fraction of sp³-hybridized carbons (Fsp3) is 0.300. The SMILES string of the molecule is Nc1ncc2n3c(nc(-c4ccc(C(=O)Nc5cc(C(F)(F)F)ccn5)cc4)c13)[C@@H]1CC[C@H](C1)NC(=O)CCOCC=C2. The van der Waals surface area contributed by atoms with Crippen LogP contribution in [0.4, 0.5) is 24.8 Å². The second-order valence-electron chi connectivity index (χ2n) is 10.5. The summed E-state index contributed by atoms with van der Waals surface area (Å²) in [7, 11) is 0. The van der Waals surface area contributed by atoms with Crippen molar-refractivity contribution in [1.82, 2.24) is 24.7 Å². The number of ether oxygens (including phenoxy) is 1. The van der Waals surface area contributed by atoms with Gasteiger partial charge in [0.05, 0.1) is 30.7 Å². The van der Waals surface area contributed by atoms with Gasteiger partial charge in [-0.25, -0.2) is 15.0 Å². The van der Waals surface area contributed by atoms with E-state index in [1.54, 1.807) is 30.5 Å². The summed E-state index contributed by atoms with van der Waals surface area (Å²) in [6.07, 6.45) is 4.52. The van der Waals surface area contributed by atoms with E-state index in [9.17, 15) is 22.8 Å². The number of rotatable bonds is 3. The lowest BCUT2D eigenvalue weighted by Crippen LogP contribution is -2.33. The van der Waals surface area contributed by atoms with Gasteiger partial charge in [0.1, 0.15) is 28.7 Å². The molecule has 4 heterocycles. The number of halogens is 3. The van der Waals surface area contributed by atoms with E-state index in [4.69, 9.17) is 15.5 Å². The highest BCUT2D eigenvalue weighted by atomic mass is 19.4. The van der Waals surface area contributed by atoms with Gasteiger partial charge >= 0.3 is 6.18 Å². The number of hydrogen-bond donors (Lipinski definition) is 3. The van der Waals surface area contributed by atoms with Crippen LogP contribution in [0.2, 0.25) is 0 Å². The maximum Gasteiger partial charge on any atom is 0.416 e. The van der Waals surface area contributed by atoms with Crippen LogP contribution in [0.25, 0.3) is 22.9 Å². The van der Waals surface area contributed by atoms with E-state index in [2.05, 4.69) is 20.6 Å². The summed E-state index contributed by atoms with van der Waals surface area (Å²) in [5.41, 5.74) is 8.37. The highest BCUT2D eigenvalue weighted by molar-refractivity contribution is 6.04. The molecule has 2 atom stereocenters. The van der Waals surface area contributed by atoms with Gasteiger partial charge in [-0.2, -0.15) is 13.2 Å². The number of alkyl halides is 3. The first kappa shape index (κ1) is 28.3. The van der Waals surface area contributed by atoms with Gasteiger partial charge in [0.25, 0.3) is 5.91 Å². The first-order chi connectivity index (χ1) is 20.7. The molecular weight excluding hydrogens is 563 g/mol. The average Bonchev–Trinajstić information content (AvgIpc) is 3.61. The molecule has 2 bridgehead atoms. The van der Waals surface area contributed by atoms with Crippen molar-refractivity contribution in [3.63, 3.8) is 0 Å². The molecule has 0 unspecified atom stereocenters. The summed E-state index contributed by atoms with van der Waals surface area (Å²) in [6.45, 7) is 0.648. The first-order valence-electron chi connectivity index (χ1n) is 13.8. The Labute approximate surface area is 244 Å². The Morgan fingerprint density at radius 1 is 1.14 bits per heavy atom. The predicted octanol–water partition coefficient (Wildman–Crippen LogP) is 4.83. The number of amides is 2. The highest BCUT2D eigenvalue weighted by Gasteiger charge is 2.33. The zero-order valence-corrected chi connectivity index (χ0v) is 22.9. The Balaban J connectivity index is 1.34. The Bertz CT molecular complexity index is 1720. The number of carbonyl (C=O) groups is 2. The molecule has 1 aliphatic carbocycles. The second kappa shape index (κ2) is 11.5. The van der Waals surface area contributed by atoms with Crippen molar-refractivity contribution in [3.05, 3.63) is 77.5 Å². The number of nitrogens with two attached hydrogens (primary N) is 1. The van der Waals surface area contributed by atoms with Crippen molar-refractivity contribution in [2.24, 2.45) is 0 Å². The molecule has 2 aliphatic rings. The van der Waals surface area contributed by atoms with E-state index in [1.807, 2.05) is 16.6 Å². The molecule has 1 aliphatic heterocycles. The number of nitrogen functional groups attached to an aromatic ring is 1. The Morgan fingerprint density at radius 2 is 1.95 bits per heavy atom. The van der Waals surface area contributed by atoms with Gasteiger partial charge in [0, 0.05) is 35.7 Å². The number of benzene rings is 1. The van der Waals surface area contributed by atoms with Crippen molar-refractivity contribution in [3.8, 4) is 11.3 Å². The van der Waals surface area contributed by atoms with Crippen molar-refractivity contribution in [1.29, 1.82) is 0 Å². The molecule has 1 saturated carbocycles. The Kier molecular flexibility index (Phi) is 7.57. The molecule has 0 radical (unpaired) electrons. The molecule has 0 spiro atoms. The topological polar surface area (TPSA) is 137 Å². The largest absolute Gasteiger partial charge is 0.416 e. The summed E-state index contributed by atoms with van der Waals surface area (Å²) in [4.78, 5) is 38.5. The molecule has 0 saturated heterocycles. The third-order valence-electron chi connectivity index (χ3n) is 7.63. The number of pyridine rings is 1. The molecule has 4 aromatic rings. The van der Waals surface area contributed by atoms with Crippen LogP contribution < -0.4 is 16.4 Å². The summed E-state index contributed by atoms with van der Waals surface area (Å²) in [6, 6.07) is 8.17. The molecule has 1 aromatic carbocycles. The van der Waals surface area contributed by atoms with Gasteiger partial charge in [-0.3, -0.25) is 14.0 Å². The Hall–Kier alpha value is -4.78. The zero-order chi connectivity index (χ0) is 30.1. The van der Waals surface area contributed by atoms with Crippen molar-refractivity contribution < 1.29 is 27.5 Å². The van der Waals surface area contributed by atoms with Gasteiger partial charge in [0.15, 0.2) is 0 Å². The number of hydrogen-bond acceptors (Lipinski definition) is 7. The molecule has 10 nitrogen and oxygen atoms in total. The minimum absolute atomic E-state index is 0.0264. The number of carbonyl (C=O) groups excluding carboxylic acids is 2. The molecule has 3 aromatic heterocycles. The number of nitrogens with one attached hydrogen (secondary N) is 2. The number of nitrogens with zero attached hydrogens (tertiary/aromatic N) is 4. The van der Waals surface area contributed by atoms with Crippen LogP contribution in [-0.4, -0.2) is 50.4 Å². The van der Waals surface area contributed by atoms with E-state index < -0.39 is 17.6 Å². The fourth-order valence-corrected chi connectivity index (χ4v) is 5.56. The van der Waals surface area contributed by atoms with Gasteiger partial charge in [-0.05, 0) is 49.6 Å².